The van der Waals surface area contributed by atoms with Crippen LogP contribution in [-0.4, -0.2) is 11.3 Å². The maximum absolute atomic E-state index is 2.38. The standard InChI is InChI=1S/C7H15P/c1-6-4-3-5-7(2)8-6/h6-8H,3-5H2,1-2H3/t6-,7+. The molecule has 1 fully saturated rings. The van der Waals surface area contributed by atoms with Crippen molar-refractivity contribution >= 4 is 8.58 Å². The minimum absolute atomic E-state index is 1.04. The molecule has 0 nitrogen and oxygen atoms in total. The highest BCUT2D eigenvalue weighted by molar-refractivity contribution is 7.39. The fourth-order valence-corrected chi connectivity index (χ4v) is 3.10. The van der Waals surface area contributed by atoms with Crippen molar-refractivity contribution in [3.05, 3.63) is 0 Å². The fourth-order valence-electron chi connectivity index (χ4n) is 1.38. The Morgan fingerprint density at radius 2 is 1.62 bits per heavy atom. The van der Waals surface area contributed by atoms with Crippen LogP contribution in [0.2, 0.25) is 0 Å². The average Bonchev–Trinajstić information content (AvgIpc) is 1.64. The van der Waals surface area contributed by atoms with Crippen molar-refractivity contribution in [1.29, 1.82) is 0 Å². The third-order valence-corrected chi connectivity index (χ3v) is 3.56. The van der Waals surface area contributed by atoms with E-state index in [1.165, 1.54) is 27.8 Å². The second kappa shape index (κ2) is 2.82. The van der Waals surface area contributed by atoms with Gasteiger partial charge >= 0.3 is 0 Å². The highest BCUT2D eigenvalue weighted by atomic mass is 31.1. The molecule has 0 N–H and O–H groups in total. The maximum Gasteiger partial charge on any atom is -0.0263 e. The van der Waals surface area contributed by atoms with Gasteiger partial charge in [-0.3, -0.25) is 0 Å². The van der Waals surface area contributed by atoms with Gasteiger partial charge in [0.25, 0.3) is 0 Å². The number of hydrogen-bond donors (Lipinski definition) is 0. The van der Waals surface area contributed by atoms with Crippen LogP contribution in [0, 0.1) is 0 Å². The SMILES string of the molecule is C[C@@H]1CCC[C@H](C)P1. The first-order valence-corrected chi connectivity index (χ1v) is 4.70. The molecule has 1 aliphatic heterocycles. The molecule has 0 bridgehead atoms. The molecule has 1 unspecified atom stereocenters. The molecule has 1 heteroatoms. The first kappa shape index (κ1) is 6.55. The summed E-state index contributed by atoms with van der Waals surface area (Å²) in [6.07, 6.45) is 4.46. The molecule has 0 radical (unpaired) electrons. The van der Waals surface area contributed by atoms with Gasteiger partial charge in [0.15, 0.2) is 0 Å². The maximum atomic E-state index is 2.38. The first-order valence-electron chi connectivity index (χ1n) is 3.55. The molecular formula is C7H15P. The Kier molecular flexibility index (Phi) is 2.31. The van der Waals surface area contributed by atoms with E-state index in [9.17, 15) is 0 Å². The predicted octanol–water partition coefficient (Wildman–Crippen LogP) is 2.63. The minimum Gasteiger partial charge on any atom is -0.116 e. The summed E-state index contributed by atoms with van der Waals surface area (Å²) in [6, 6.07) is 0. The summed E-state index contributed by atoms with van der Waals surface area (Å²) in [6.45, 7) is 4.77. The summed E-state index contributed by atoms with van der Waals surface area (Å²) in [7, 11) is 1.25. The lowest BCUT2D eigenvalue weighted by Crippen LogP contribution is -2.08. The Hall–Kier alpha value is 0.430. The van der Waals surface area contributed by atoms with Gasteiger partial charge in [-0.25, -0.2) is 0 Å². The molecule has 3 atom stereocenters. The van der Waals surface area contributed by atoms with E-state index < -0.39 is 0 Å². The topological polar surface area (TPSA) is 0 Å². The van der Waals surface area contributed by atoms with Crippen LogP contribution < -0.4 is 0 Å². The van der Waals surface area contributed by atoms with Gasteiger partial charge in [0.1, 0.15) is 0 Å². The largest absolute Gasteiger partial charge is 0.116 e. The zero-order valence-electron chi connectivity index (χ0n) is 5.78. The molecule has 1 heterocycles. The Balaban J connectivity index is 2.23. The summed E-state index contributed by atoms with van der Waals surface area (Å²) < 4.78 is 0. The summed E-state index contributed by atoms with van der Waals surface area (Å²) in [4.78, 5) is 0. The van der Waals surface area contributed by atoms with E-state index in [1.807, 2.05) is 0 Å². The molecule has 0 aromatic rings. The van der Waals surface area contributed by atoms with Crippen LogP contribution in [0.4, 0.5) is 0 Å². The van der Waals surface area contributed by atoms with Crippen molar-refractivity contribution in [2.24, 2.45) is 0 Å². The van der Waals surface area contributed by atoms with Crippen molar-refractivity contribution in [2.75, 3.05) is 0 Å². The highest BCUT2D eigenvalue weighted by Crippen LogP contribution is 2.36. The first-order chi connectivity index (χ1) is 3.79. The van der Waals surface area contributed by atoms with Crippen LogP contribution in [0.5, 0.6) is 0 Å². The van der Waals surface area contributed by atoms with Gasteiger partial charge < -0.3 is 0 Å². The third kappa shape index (κ3) is 1.74. The van der Waals surface area contributed by atoms with Crippen LogP contribution in [0.3, 0.4) is 0 Å². The van der Waals surface area contributed by atoms with Gasteiger partial charge in [-0.15, -0.1) is 8.58 Å². The Labute approximate surface area is 53.8 Å². The van der Waals surface area contributed by atoms with Gasteiger partial charge in [0.2, 0.25) is 0 Å². The van der Waals surface area contributed by atoms with Gasteiger partial charge in [0.05, 0.1) is 0 Å². The molecule has 8 heavy (non-hydrogen) atoms. The van der Waals surface area contributed by atoms with Gasteiger partial charge in [-0.2, -0.15) is 0 Å². The highest BCUT2D eigenvalue weighted by Gasteiger charge is 2.13. The lowest BCUT2D eigenvalue weighted by Gasteiger charge is -2.23. The second-order valence-corrected chi connectivity index (χ2v) is 5.20. The van der Waals surface area contributed by atoms with Crippen LogP contribution in [-0.2, 0) is 0 Å². The van der Waals surface area contributed by atoms with Crippen molar-refractivity contribution in [2.45, 2.75) is 44.4 Å². The van der Waals surface area contributed by atoms with Gasteiger partial charge in [0, 0.05) is 0 Å². The molecule has 0 spiro atoms. The van der Waals surface area contributed by atoms with Crippen molar-refractivity contribution in [3.63, 3.8) is 0 Å². The van der Waals surface area contributed by atoms with Crippen LogP contribution in [0.25, 0.3) is 0 Å². The molecule has 0 aliphatic carbocycles. The van der Waals surface area contributed by atoms with E-state index in [0.29, 0.717) is 0 Å². The van der Waals surface area contributed by atoms with E-state index in [-0.39, 0.29) is 0 Å². The second-order valence-electron chi connectivity index (χ2n) is 2.90. The smallest absolute Gasteiger partial charge is 0.0263 e. The third-order valence-electron chi connectivity index (χ3n) is 1.84. The zero-order chi connectivity index (χ0) is 5.98. The quantitative estimate of drug-likeness (QED) is 0.442. The lowest BCUT2D eigenvalue weighted by molar-refractivity contribution is 0.633. The average molecular weight is 130 g/mol. The zero-order valence-corrected chi connectivity index (χ0v) is 6.78. The van der Waals surface area contributed by atoms with Crippen molar-refractivity contribution in [1.82, 2.24) is 0 Å². The Morgan fingerprint density at radius 1 is 1.12 bits per heavy atom. The number of hydrogen-bond acceptors (Lipinski definition) is 0. The molecule has 1 rings (SSSR count). The molecule has 0 aromatic heterocycles. The lowest BCUT2D eigenvalue weighted by atomic mass is 10.1. The Bertz CT molecular complexity index is 62.8. The molecule has 1 aliphatic rings. The number of rotatable bonds is 0. The van der Waals surface area contributed by atoms with E-state index in [2.05, 4.69) is 13.8 Å². The minimum atomic E-state index is 1.04. The van der Waals surface area contributed by atoms with Crippen LogP contribution in [0.1, 0.15) is 33.1 Å². The van der Waals surface area contributed by atoms with Crippen LogP contribution in [0.15, 0.2) is 0 Å². The predicted molar refractivity (Wildman–Crippen MR) is 41.1 cm³/mol. The monoisotopic (exact) mass is 130 g/mol. The van der Waals surface area contributed by atoms with Crippen molar-refractivity contribution in [3.8, 4) is 0 Å². The van der Waals surface area contributed by atoms with Crippen LogP contribution >= 0.6 is 8.58 Å². The molecule has 0 saturated carbocycles. The van der Waals surface area contributed by atoms with E-state index in [1.54, 1.807) is 0 Å². The van der Waals surface area contributed by atoms with Gasteiger partial charge in [-0.05, 0) is 24.2 Å². The molecule has 48 valence electrons. The van der Waals surface area contributed by atoms with Crippen molar-refractivity contribution < 1.29 is 0 Å². The summed E-state index contributed by atoms with van der Waals surface area (Å²) in [5, 5.41) is 0. The molecular weight excluding hydrogens is 115 g/mol. The summed E-state index contributed by atoms with van der Waals surface area (Å²) >= 11 is 0. The molecule has 0 amide bonds. The fraction of sp³-hybridized carbons (Fsp3) is 1.00. The van der Waals surface area contributed by atoms with E-state index >= 15 is 0 Å². The molecule has 0 aromatic carbocycles. The molecule has 1 saturated heterocycles. The summed E-state index contributed by atoms with van der Waals surface area (Å²) in [5.41, 5.74) is 2.08. The van der Waals surface area contributed by atoms with E-state index in [4.69, 9.17) is 0 Å². The summed E-state index contributed by atoms with van der Waals surface area (Å²) in [5.74, 6) is 0. The normalized spacial score (nSPS) is 42.8. The Morgan fingerprint density at radius 3 is 1.88 bits per heavy atom. The van der Waals surface area contributed by atoms with Gasteiger partial charge in [-0.1, -0.05) is 20.3 Å². The van der Waals surface area contributed by atoms with E-state index in [0.717, 1.165) is 11.3 Å².